The maximum absolute atomic E-state index is 11.1. The molecule has 8 heteroatoms. The molecular weight excluding hydrogens is 294 g/mol. The predicted molar refractivity (Wildman–Crippen MR) is 80.8 cm³/mol. The summed E-state index contributed by atoms with van der Waals surface area (Å²) in [6.07, 6.45) is 0. The fourth-order valence-corrected chi connectivity index (χ4v) is 2.78. The van der Waals surface area contributed by atoms with Crippen molar-refractivity contribution in [2.24, 2.45) is 0 Å². The first-order valence-corrected chi connectivity index (χ1v) is 6.96. The summed E-state index contributed by atoms with van der Waals surface area (Å²) in [5, 5.41) is 24.8. The van der Waals surface area contributed by atoms with Crippen molar-refractivity contribution < 1.29 is 9.85 Å². The molecule has 21 heavy (non-hydrogen) atoms. The fourth-order valence-electron chi connectivity index (χ4n) is 1.90. The molecule has 7 nitrogen and oxygen atoms in total. The van der Waals surface area contributed by atoms with Gasteiger partial charge in [-0.1, -0.05) is 0 Å². The number of thiophene rings is 1. The van der Waals surface area contributed by atoms with Crippen LogP contribution in [0, 0.1) is 27.2 Å². The highest BCUT2D eigenvalue weighted by Crippen LogP contribution is 2.33. The van der Waals surface area contributed by atoms with E-state index in [-0.39, 0.29) is 23.1 Å². The van der Waals surface area contributed by atoms with Crippen molar-refractivity contribution in [3.05, 3.63) is 60.3 Å². The number of benzene rings is 1. The topological polar surface area (TPSA) is 98.3 Å². The smallest absolute Gasteiger partial charge is 0.299 e. The Balaban J connectivity index is 2.31. The van der Waals surface area contributed by atoms with Gasteiger partial charge in [0.15, 0.2) is 0 Å². The van der Waals surface area contributed by atoms with Crippen LogP contribution in [0.3, 0.4) is 0 Å². The summed E-state index contributed by atoms with van der Waals surface area (Å²) < 4.78 is 0. The monoisotopic (exact) mass is 307 g/mol. The van der Waals surface area contributed by atoms with E-state index in [2.05, 4.69) is 5.32 Å². The third-order valence-electron chi connectivity index (χ3n) is 2.95. The van der Waals surface area contributed by atoms with Gasteiger partial charge in [-0.3, -0.25) is 20.2 Å². The van der Waals surface area contributed by atoms with Crippen molar-refractivity contribution in [1.29, 1.82) is 0 Å². The van der Waals surface area contributed by atoms with Gasteiger partial charge in [0.25, 0.3) is 11.4 Å². The zero-order chi connectivity index (χ0) is 15.6. The zero-order valence-corrected chi connectivity index (χ0v) is 12.2. The first-order valence-electron chi connectivity index (χ1n) is 6.14. The quantitative estimate of drug-likeness (QED) is 0.663. The number of nitrogens with zero attached hydrogens (tertiary/aromatic N) is 2. The first-order chi connectivity index (χ1) is 9.88. The van der Waals surface area contributed by atoms with Crippen LogP contribution in [0.1, 0.15) is 22.7 Å². The van der Waals surface area contributed by atoms with E-state index in [1.165, 1.54) is 12.1 Å². The molecule has 1 aromatic heterocycles. The highest BCUT2D eigenvalue weighted by atomic mass is 32.1. The summed E-state index contributed by atoms with van der Waals surface area (Å²) in [6.45, 7) is 3.87. The molecule has 0 radical (unpaired) electrons. The lowest BCUT2D eigenvalue weighted by Gasteiger charge is -2.13. The Morgan fingerprint density at radius 1 is 1.14 bits per heavy atom. The van der Waals surface area contributed by atoms with E-state index in [1.807, 2.05) is 26.0 Å². The van der Waals surface area contributed by atoms with Crippen LogP contribution in [0.15, 0.2) is 30.3 Å². The van der Waals surface area contributed by atoms with Gasteiger partial charge >= 0.3 is 0 Å². The molecule has 0 bridgehead atoms. The van der Waals surface area contributed by atoms with Crippen molar-refractivity contribution in [3.63, 3.8) is 0 Å². The summed E-state index contributed by atoms with van der Waals surface area (Å²) in [5.41, 5.74) is -0.333. The largest absolute Gasteiger partial charge is 0.372 e. The van der Waals surface area contributed by atoms with Gasteiger partial charge in [0.05, 0.1) is 22.0 Å². The molecule has 0 spiro atoms. The molecule has 0 saturated heterocycles. The van der Waals surface area contributed by atoms with Crippen LogP contribution in [-0.4, -0.2) is 9.85 Å². The molecule has 0 aliphatic heterocycles. The minimum atomic E-state index is -0.650. The maximum atomic E-state index is 11.1. The Morgan fingerprint density at radius 2 is 1.86 bits per heavy atom. The highest BCUT2D eigenvalue weighted by molar-refractivity contribution is 7.12. The van der Waals surface area contributed by atoms with E-state index >= 15 is 0 Å². The number of hydrogen-bond donors (Lipinski definition) is 1. The number of rotatable bonds is 5. The molecule has 1 aromatic carbocycles. The number of hydrogen-bond acceptors (Lipinski definition) is 6. The van der Waals surface area contributed by atoms with E-state index in [4.69, 9.17) is 0 Å². The Morgan fingerprint density at radius 3 is 2.38 bits per heavy atom. The van der Waals surface area contributed by atoms with Crippen molar-refractivity contribution in [2.45, 2.75) is 19.9 Å². The molecule has 0 saturated carbocycles. The minimum Gasteiger partial charge on any atom is -0.372 e. The number of nitrogens with one attached hydrogen (secondary N) is 1. The molecule has 2 rings (SSSR count). The van der Waals surface area contributed by atoms with E-state index in [9.17, 15) is 20.2 Å². The lowest BCUT2D eigenvalue weighted by Crippen LogP contribution is -2.07. The summed E-state index contributed by atoms with van der Waals surface area (Å²) in [4.78, 5) is 22.7. The average molecular weight is 307 g/mol. The molecule has 0 aliphatic rings. The second-order valence-electron chi connectivity index (χ2n) is 4.53. The van der Waals surface area contributed by atoms with Crippen molar-refractivity contribution >= 4 is 28.4 Å². The Kier molecular flexibility index (Phi) is 4.18. The second-order valence-corrected chi connectivity index (χ2v) is 5.85. The standard InChI is InChI=1S/C13H13N3O4S/c1-8-3-6-13(21-8)9(2)14-11-5-4-10(15(17)18)7-12(11)16(19)20/h3-7,9,14H,1-2H3. The normalized spacial score (nSPS) is 11.9. The van der Waals surface area contributed by atoms with Gasteiger partial charge in [-0.2, -0.15) is 0 Å². The molecule has 1 unspecified atom stereocenters. The third kappa shape index (κ3) is 3.34. The summed E-state index contributed by atoms with van der Waals surface area (Å²) >= 11 is 1.60. The van der Waals surface area contributed by atoms with E-state index in [0.29, 0.717) is 0 Å². The van der Waals surface area contributed by atoms with E-state index in [0.717, 1.165) is 15.8 Å². The maximum Gasteiger partial charge on any atom is 0.299 e. The second kappa shape index (κ2) is 5.88. The number of aryl methyl sites for hydroxylation is 1. The first kappa shape index (κ1) is 14.9. The molecule has 0 amide bonds. The highest BCUT2D eigenvalue weighted by Gasteiger charge is 2.21. The Hall–Kier alpha value is -2.48. The summed E-state index contributed by atoms with van der Waals surface area (Å²) in [5.74, 6) is 0. The molecule has 0 fully saturated rings. The van der Waals surface area contributed by atoms with Crippen LogP contribution in [-0.2, 0) is 0 Å². The lowest BCUT2D eigenvalue weighted by atomic mass is 10.2. The number of anilines is 1. The van der Waals surface area contributed by atoms with E-state index in [1.54, 1.807) is 11.3 Å². The lowest BCUT2D eigenvalue weighted by molar-refractivity contribution is -0.393. The van der Waals surface area contributed by atoms with Crippen LogP contribution >= 0.6 is 11.3 Å². The molecule has 1 N–H and O–H groups in total. The van der Waals surface area contributed by atoms with Gasteiger partial charge in [0.2, 0.25) is 0 Å². The Bertz CT molecular complexity index is 698. The van der Waals surface area contributed by atoms with Gasteiger partial charge < -0.3 is 5.32 Å². The van der Waals surface area contributed by atoms with Crippen LogP contribution in [0.5, 0.6) is 0 Å². The summed E-state index contributed by atoms with van der Waals surface area (Å²) in [6, 6.07) is 7.39. The zero-order valence-electron chi connectivity index (χ0n) is 11.4. The van der Waals surface area contributed by atoms with Gasteiger partial charge in [-0.25, -0.2) is 0 Å². The fraction of sp³-hybridized carbons (Fsp3) is 0.231. The Labute approximate surface area is 124 Å². The van der Waals surface area contributed by atoms with Crippen molar-refractivity contribution in [1.82, 2.24) is 0 Å². The van der Waals surface area contributed by atoms with Crippen molar-refractivity contribution in [2.75, 3.05) is 5.32 Å². The van der Waals surface area contributed by atoms with E-state index < -0.39 is 9.85 Å². The number of nitro benzene ring substituents is 2. The van der Waals surface area contributed by atoms with Gasteiger partial charge in [0, 0.05) is 15.8 Å². The summed E-state index contributed by atoms with van der Waals surface area (Å²) in [7, 11) is 0. The van der Waals surface area contributed by atoms with Gasteiger partial charge in [-0.05, 0) is 32.0 Å². The number of nitro groups is 2. The number of non-ortho nitro benzene ring substituents is 1. The van der Waals surface area contributed by atoms with Crippen LogP contribution in [0.4, 0.5) is 17.1 Å². The molecule has 2 aromatic rings. The average Bonchev–Trinajstić information content (AvgIpc) is 2.85. The molecule has 1 atom stereocenters. The van der Waals surface area contributed by atoms with Crippen LogP contribution in [0.25, 0.3) is 0 Å². The molecule has 1 heterocycles. The van der Waals surface area contributed by atoms with Gasteiger partial charge in [-0.15, -0.1) is 11.3 Å². The minimum absolute atomic E-state index is 0.121. The van der Waals surface area contributed by atoms with Crippen molar-refractivity contribution in [3.8, 4) is 0 Å². The predicted octanol–water partition coefficient (Wildman–Crippen LogP) is 4.05. The molecular formula is C13H13N3O4S. The molecule has 0 aliphatic carbocycles. The van der Waals surface area contributed by atoms with Gasteiger partial charge in [0.1, 0.15) is 5.69 Å². The third-order valence-corrected chi connectivity index (χ3v) is 4.13. The molecule has 110 valence electrons. The SMILES string of the molecule is Cc1ccc(C(C)Nc2ccc([N+](=O)[O-])cc2[N+](=O)[O-])s1. The van der Waals surface area contributed by atoms with Crippen LogP contribution in [0.2, 0.25) is 0 Å². The van der Waals surface area contributed by atoms with Crippen LogP contribution < -0.4 is 5.32 Å².